The summed E-state index contributed by atoms with van der Waals surface area (Å²) >= 11 is 0. The highest BCUT2D eigenvalue weighted by molar-refractivity contribution is 5.04. The van der Waals surface area contributed by atoms with Gasteiger partial charge in [-0.2, -0.15) is 0 Å². The molecule has 18 heavy (non-hydrogen) atoms. The van der Waals surface area contributed by atoms with E-state index in [2.05, 4.69) is 31.2 Å². The van der Waals surface area contributed by atoms with Crippen molar-refractivity contribution in [3.05, 3.63) is 17.5 Å². The third kappa shape index (κ3) is 6.74. The molecule has 0 aliphatic heterocycles. The molecule has 0 spiro atoms. The maximum Gasteiger partial charge on any atom is 0.162 e. The fourth-order valence-corrected chi connectivity index (χ4v) is 1.30. The van der Waals surface area contributed by atoms with Crippen molar-refractivity contribution in [3.8, 4) is 0 Å². The molecule has 0 unspecified atom stereocenters. The van der Waals surface area contributed by atoms with Crippen LogP contribution in [0.15, 0.2) is 10.6 Å². The lowest BCUT2D eigenvalue weighted by atomic mass is 10.1. The zero-order valence-electron chi connectivity index (χ0n) is 11.8. The molecule has 0 saturated heterocycles. The number of hydrogen-bond donors (Lipinski definition) is 1. The lowest BCUT2D eigenvalue weighted by molar-refractivity contribution is 0.0372. The lowest BCUT2D eigenvalue weighted by Gasteiger charge is -2.19. The molecule has 0 saturated carbocycles. The van der Waals surface area contributed by atoms with Gasteiger partial charge in [-0.3, -0.25) is 0 Å². The molecule has 0 amide bonds. The second-order valence-electron chi connectivity index (χ2n) is 5.14. The summed E-state index contributed by atoms with van der Waals surface area (Å²) in [5, 5.41) is 7.34. The van der Waals surface area contributed by atoms with E-state index < -0.39 is 0 Å². The van der Waals surface area contributed by atoms with E-state index in [4.69, 9.17) is 14.0 Å². The van der Waals surface area contributed by atoms with Gasteiger partial charge in [-0.05, 0) is 27.7 Å². The molecule has 0 radical (unpaired) electrons. The first kappa shape index (κ1) is 15.1. The first-order valence-corrected chi connectivity index (χ1v) is 6.36. The molecule has 1 aromatic rings. The van der Waals surface area contributed by atoms with Gasteiger partial charge in [0.15, 0.2) is 5.76 Å². The topological polar surface area (TPSA) is 56.5 Å². The zero-order chi connectivity index (χ0) is 13.4. The molecule has 0 aliphatic carbocycles. The maximum absolute atomic E-state index is 5.40. The van der Waals surface area contributed by atoms with E-state index in [9.17, 15) is 0 Å². The highest BCUT2D eigenvalue weighted by atomic mass is 16.5. The van der Waals surface area contributed by atoms with E-state index in [0.717, 1.165) is 11.5 Å². The van der Waals surface area contributed by atoms with Gasteiger partial charge in [-0.25, -0.2) is 0 Å². The molecule has 1 N–H and O–H groups in total. The van der Waals surface area contributed by atoms with Crippen LogP contribution in [0.4, 0.5) is 0 Å². The second-order valence-corrected chi connectivity index (χ2v) is 5.14. The summed E-state index contributed by atoms with van der Waals surface area (Å²) in [5.74, 6) is 0.747. The molecular weight excluding hydrogens is 232 g/mol. The van der Waals surface area contributed by atoms with Crippen molar-refractivity contribution in [1.82, 2.24) is 10.5 Å². The van der Waals surface area contributed by atoms with Crippen molar-refractivity contribution in [1.29, 1.82) is 0 Å². The third-order valence-corrected chi connectivity index (χ3v) is 2.23. The van der Waals surface area contributed by atoms with Crippen LogP contribution in [-0.4, -0.2) is 30.5 Å². The van der Waals surface area contributed by atoms with E-state index >= 15 is 0 Å². The lowest BCUT2D eigenvalue weighted by Crippen LogP contribution is -2.35. The quantitative estimate of drug-likeness (QED) is 0.722. The van der Waals surface area contributed by atoms with E-state index in [1.54, 1.807) is 0 Å². The number of aromatic nitrogens is 1. The molecule has 0 aromatic carbocycles. The highest BCUT2D eigenvalue weighted by Crippen LogP contribution is 2.07. The standard InChI is InChI=1S/C13H24N2O3/c1-5-16-6-7-17-10-12-8-11(15-18-12)9-14-13(2,3)4/h8,14H,5-7,9-10H2,1-4H3. The Kier molecular flexibility index (Phi) is 6.32. The minimum atomic E-state index is 0.0765. The normalized spacial score (nSPS) is 12.0. The Bertz CT molecular complexity index is 331. The molecule has 1 heterocycles. The summed E-state index contributed by atoms with van der Waals surface area (Å²) < 4.78 is 15.8. The van der Waals surface area contributed by atoms with Crippen molar-refractivity contribution in [2.24, 2.45) is 0 Å². The van der Waals surface area contributed by atoms with Crippen LogP contribution in [0.25, 0.3) is 0 Å². The average molecular weight is 256 g/mol. The van der Waals surface area contributed by atoms with Gasteiger partial charge in [0, 0.05) is 24.8 Å². The van der Waals surface area contributed by atoms with E-state index in [-0.39, 0.29) is 5.54 Å². The SMILES string of the molecule is CCOCCOCc1cc(CNC(C)(C)C)no1. The van der Waals surface area contributed by atoms with Gasteiger partial charge in [-0.15, -0.1) is 0 Å². The number of ether oxygens (including phenoxy) is 2. The number of nitrogens with one attached hydrogen (secondary N) is 1. The summed E-state index contributed by atoms with van der Waals surface area (Å²) in [6.45, 7) is 11.4. The monoisotopic (exact) mass is 256 g/mol. The van der Waals surface area contributed by atoms with Crippen LogP contribution in [0.3, 0.4) is 0 Å². The third-order valence-electron chi connectivity index (χ3n) is 2.23. The van der Waals surface area contributed by atoms with Crippen LogP contribution in [0.2, 0.25) is 0 Å². The smallest absolute Gasteiger partial charge is 0.162 e. The number of hydrogen-bond acceptors (Lipinski definition) is 5. The molecule has 5 heteroatoms. The van der Waals surface area contributed by atoms with Crippen LogP contribution in [0.5, 0.6) is 0 Å². The number of nitrogens with zero attached hydrogens (tertiary/aromatic N) is 1. The molecule has 1 rings (SSSR count). The molecule has 1 aromatic heterocycles. The number of rotatable bonds is 8. The first-order valence-electron chi connectivity index (χ1n) is 6.36. The van der Waals surface area contributed by atoms with Gasteiger partial charge < -0.3 is 19.3 Å². The Balaban J connectivity index is 2.22. The largest absolute Gasteiger partial charge is 0.379 e. The fourth-order valence-electron chi connectivity index (χ4n) is 1.30. The molecule has 5 nitrogen and oxygen atoms in total. The van der Waals surface area contributed by atoms with Crippen molar-refractivity contribution in [2.45, 2.75) is 46.4 Å². The van der Waals surface area contributed by atoms with Crippen LogP contribution in [0.1, 0.15) is 39.1 Å². The average Bonchev–Trinajstić information content (AvgIpc) is 2.73. The van der Waals surface area contributed by atoms with Gasteiger partial charge in [0.1, 0.15) is 6.61 Å². The predicted octanol–water partition coefficient (Wildman–Crippen LogP) is 2.12. The summed E-state index contributed by atoms with van der Waals surface area (Å²) in [4.78, 5) is 0. The van der Waals surface area contributed by atoms with Gasteiger partial charge in [0.25, 0.3) is 0 Å². The van der Waals surface area contributed by atoms with Crippen LogP contribution < -0.4 is 5.32 Å². The summed E-state index contributed by atoms with van der Waals surface area (Å²) in [6.07, 6.45) is 0. The highest BCUT2D eigenvalue weighted by Gasteiger charge is 2.10. The molecule has 0 aliphatic rings. The van der Waals surface area contributed by atoms with Crippen LogP contribution in [-0.2, 0) is 22.6 Å². The summed E-state index contributed by atoms with van der Waals surface area (Å²) in [5.41, 5.74) is 0.973. The predicted molar refractivity (Wildman–Crippen MR) is 69.2 cm³/mol. The van der Waals surface area contributed by atoms with Crippen molar-refractivity contribution in [3.63, 3.8) is 0 Å². The van der Waals surface area contributed by atoms with Crippen LogP contribution in [0, 0.1) is 0 Å². The zero-order valence-corrected chi connectivity index (χ0v) is 11.8. The fraction of sp³-hybridized carbons (Fsp3) is 0.769. The minimum absolute atomic E-state index is 0.0765. The Labute approximate surface area is 109 Å². The summed E-state index contributed by atoms with van der Waals surface area (Å²) in [7, 11) is 0. The van der Waals surface area contributed by atoms with Gasteiger partial charge in [-0.1, -0.05) is 5.16 Å². The van der Waals surface area contributed by atoms with Crippen molar-refractivity contribution in [2.75, 3.05) is 19.8 Å². The summed E-state index contributed by atoms with van der Waals surface area (Å²) in [6, 6.07) is 1.92. The Morgan fingerprint density at radius 1 is 1.28 bits per heavy atom. The second kappa shape index (κ2) is 7.51. The minimum Gasteiger partial charge on any atom is -0.379 e. The van der Waals surface area contributed by atoms with Gasteiger partial charge in [0.2, 0.25) is 0 Å². The Morgan fingerprint density at radius 2 is 2.00 bits per heavy atom. The van der Waals surface area contributed by atoms with Gasteiger partial charge in [0.05, 0.1) is 18.9 Å². The van der Waals surface area contributed by atoms with E-state index in [1.807, 2.05) is 13.0 Å². The Hall–Kier alpha value is -0.910. The van der Waals surface area contributed by atoms with Crippen molar-refractivity contribution < 1.29 is 14.0 Å². The molecule has 0 bridgehead atoms. The van der Waals surface area contributed by atoms with Crippen LogP contribution >= 0.6 is 0 Å². The van der Waals surface area contributed by atoms with Crippen molar-refractivity contribution >= 4 is 0 Å². The molecule has 0 fully saturated rings. The maximum atomic E-state index is 5.40. The molecule has 0 atom stereocenters. The molecular formula is C13H24N2O3. The van der Waals surface area contributed by atoms with E-state index in [0.29, 0.717) is 33.0 Å². The Morgan fingerprint density at radius 3 is 2.67 bits per heavy atom. The first-order chi connectivity index (χ1) is 8.51. The van der Waals surface area contributed by atoms with Gasteiger partial charge >= 0.3 is 0 Å². The molecule has 104 valence electrons. The van der Waals surface area contributed by atoms with E-state index in [1.165, 1.54) is 0 Å².